The van der Waals surface area contributed by atoms with E-state index in [2.05, 4.69) is 90.8 Å². The van der Waals surface area contributed by atoms with Crippen LogP contribution < -0.4 is 15.5 Å². The van der Waals surface area contributed by atoms with Gasteiger partial charge < -0.3 is 20.4 Å². The van der Waals surface area contributed by atoms with E-state index in [0.29, 0.717) is 6.04 Å². The molecule has 2 heterocycles. The van der Waals surface area contributed by atoms with Crippen molar-refractivity contribution in [3.63, 3.8) is 0 Å². The van der Waals surface area contributed by atoms with Gasteiger partial charge in [-0.1, -0.05) is 50.3 Å². The number of pyridine rings is 1. The van der Waals surface area contributed by atoms with Gasteiger partial charge in [-0.3, -0.25) is 0 Å². The minimum atomic E-state index is 0.536. The number of nitrogens with one attached hydrogen (secondary N) is 2. The van der Waals surface area contributed by atoms with Crippen LogP contribution in [0.3, 0.4) is 0 Å². The zero-order valence-corrected chi connectivity index (χ0v) is 24.2. The molecule has 1 saturated heterocycles. The van der Waals surface area contributed by atoms with Crippen molar-refractivity contribution in [2.75, 3.05) is 50.0 Å². The summed E-state index contributed by atoms with van der Waals surface area (Å²) in [5, 5.41) is 6.85. The molecule has 0 aliphatic carbocycles. The van der Waals surface area contributed by atoms with Crippen LogP contribution >= 0.6 is 0 Å². The van der Waals surface area contributed by atoms with Crippen molar-refractivity contribution in [3.8, 4) is 0 Å². The van der Waals surface area contributed by atoms with Crippen molar-refractivity contribution in [1.29, 1.82) is 0 Å². The molecule has 1 aliphatic rings. The standard InChI is InChI=1S/C33H49N5/c1-7-11-28(17-21-37(18-8-2)19-9-3)23-29-13-14-30(22-26(29)4)27(5)36-31-15-16-33(35-24-31)38-20-10-12-32(25-38)34-6/h7,13-16,22-24,32,34,36H,1,5,8-12,17-21,25H2,2-4,6H3/b28-23+. The van der Waals surface area contributed by atoms with Crippen LogP contribution in [0.4, 0.5) is 11.5 Å². The molecule has 5 nitrogen and oxygen atoms in total. The van der Waals surface area contributed by atoms with Crippen LogP contribution in [0.25, 0.3) is 11.8 Å². The molecule has 2 N–H and O–H groups in total. The Morgan fingerprint density at radius 3 is 2.58 bits per heavy atom. The molecule has 5 heteroatoms. The molecule has 206 valence electrons. The molecule has 2 aromatic rings. The van der Waals surface area contributed by atoms with Crippen molar-refractivity contribution in [1.82, 2.24) is 15.2 Å². The lowest BCUT2D eigenvalue weighted by molar-refractivity contribution is 0.278. The number of allylic oxidation sites excluding steroid dienone is 1. The van der Waals surface area contributed by atoms with Crippen molar-refractivity contribution >= 4 is 23.3 Å². The van der Waals surface area contributed by atoms with Crippen LogP contribution in [-0.4, -0.2) is 55.7 Å². The number of piperidine rings is 1. The van der Waals surface area contributed by atoms with Crippen LogP contribution in [0.5, 0.6) is 0 Å². The predicted molar refractivity (Wildman–Crippen MR) is 167 cm³/mol. The summed E-state index contributed by atoms with van der Waals surface area (Å²) in [5.74, 6) is 1.04. The van der Waals surface area contributed by atoms with E-state index in [1.807, 2.05) is 19.3 Å². The van der Waals surface area contributed by atoms with E-state index < -0.39 is 0 Å². The molecule has 1 unspecified atom stereocenters. The van der Waals surface area contributed by atoms with E-state index in [0.717, 1.165) is 55.2 Å². The molecular formula is C33H49N5. The van der Waals surface area contributed by atoms with E-state index in [4.69, 9.17) is 4.98 Å². The molecule has 0 spiro atoms. The molecule has 1 atom stereocenters. The fourth-order valence-electron chi connectivity index (χ4n) is 5.25. The van der Waals surface area contributed by atoms with Crippen LogP contribution in [0.2, 0.25) is 0 Å². The van der Waals surface area contributed by atoms with E-state index in [-0.39, 0.29) is 0 Å². The highest BCUT2D eigenvalue weighted by molar-refractivity contribution is 5.76. The second-order valence-electron chi connectivity index (χ2n) is 10.5. The Balaban J connectivity index is 1.63. The molecule has 1 fully saturated rings. The molecule has 0 bridgehead atoms. The van der Waals surface area contributed by atoms with Crippen LogP contribution in [0, 0.1) is 6.92 Å². The fourth-order valence-corrected chi connectivity index (χ4v) is 5.25. The fraction of sp³-hybridized carbons (Fsp3) is 0.485. The predicted octanol–water partition coefficient (Wildman–Crippen LogP) is 7.13. The first kappa shape index (κ1) is 29.7. The Kier molecular flexibility index (Phi) is 12.1. The maximum atomic E-state index is 4.73. The van der Waals surface area contributed by atoms with Gasteiger partial charge in [0.1, 0.15) is 5.82 Å². The van der Waals surface area contributed by atoms with Gasteiger partial charge in [-0.25, -0.2) is 4.98 Å². The molecular weight excluding hydrogens is 466 g/mol. The maximum Gasteiger partial charge on any atom is 0.128 e. The van der Waals surface area contributed by atoms with Crippen LogP contribution in [0.15, 0.2) is 61.3 Å². The average molecular weight is 516 g/mol. The van der Waals surface area contributed by atoms with Gasteiger partial charge in [0.25, 0.3) is 0 Å². The van der Waals surface area contributed by atoms with Crippen molar-refractivity contribution < 1.29 is 0 Å². The SMILES string of the molecule is C=CC/C(=C\c1ccc(C(=C)Nc2ccc(N3CCCC(NC)C3)nc2)cc1C)CCN(CCC)CCC. The number of benzene rings is 1. The van der Waals surface area contributed by atoms with E-state index in [1.165, 1.54) is 55.5 Å². The quantitative estimate of drug-likeness (QED) is 0.247. The summed E-state index contributed by atoms with van der Waals surface area (Å²) in [6.45, 7) is 20.5. The monoisotopic (exact) mass is 515 g/mol. The van der Waals surface area contributed by atoms with Gasteiger partial charge in [0.05, 0.1) is 11.9 Å². The normalized spacial score (nSPS) is 16.1. The molecule has 38 heavy (non-hydrogen) atoms. The number of aryl methyl sites for hydroxylation is 1. The first-order chi connectivity index (χ1) is 18.5. The molecule has 1 aromatic carbocycles. The largest absolute Gasteiger partial charge is 0.355 e. The van der Waals surface area contributed by atoms with Gasteiger partial charge in [-0.2, -0.15) is 0 Å². The van der Waals surface area contributed by atoms with Gasteiger partial charge in [-0.05, 0) is 100 Å². The Hall–Kier alpha value is -2.89. The summed E-state index contributed by atoms with van der Waals surface area (Å²) in [6.07, 6.45) is 13.1. The van der Waals surface area contributed by atoms with E-state index in [9.17, 15) is 0 Å². The lowest BCUT2D eigenvalue weighted by atomic mass is 9.99. The van der Waals surface area contributed by atoms with E-state index in [1.54, 1.807) is 0 Å². The third kappa shape index (κ3) is 8.85. The number of nitrogens with zero attached hydrogens (tertiary/aromatic N) is 3. The molecule has 1 aromatic heterocycles. The molecule has 0 amide bonds. The van der Waals surface area contributed by atoms with E-state index >= 15 is 0 Å². The summed E-state index contributed by atoms with van der Waals surface area (Å²) in [6, 6.07) is 11.3. The Morgan fingerprint density at radius 1 is 1.16 bits per heavy atom. The van der Waals surface area contributed by atoms with Gasteiger partial charge in [0.2, 0.25) is 0 Å². The number of hydrogen-bond donors (Lipinski definition) is 2. The topological polar surface area (TPSA) is 43.4 Å². The molecule has 3 rings (SSSR count). The minimum Gasteiger partial charge on any atom is -0.355 e. The summed E-state index contributed by atoms with van der Waals surface area (Å²) in [7, 11) is 2.04. The average Bonchev–Trinajstić information content (AvgIpc) is 2.93. The summed E-state index contributed by atoms with van der Waals surface area (Å²) < 4.78 is 0. The third-order valence-corrected chi connectivity index (χ3v) is 7.41. The summed E-state index contributed by atoms with van der Waals surface area (Å²) >= 11 is 0. The Morgan fingerprint density at radius 2 is 1.95 bits per heavy atom. The van der Waals surface area contributed by atoms with Gasteiger partial charge in [0.15, 0.2) is 0 Å². The zero-order valence-electron chi connectivity index (χ0n) is 24.2. The Labute approximate surface area is 231 Å². The van der Waals surface area contributed by atoms with Crippen LogP contribution in [-0.2, 0) is 0 Å². The number of aromatic nitrogens is 1. The smallest absolute Gasteiger partial charge is 0.128 e. The maximum absolute atomic E-state index is 4.73. The molecule has 1 aliphatic heterocycles. The third-order valence-electron chi connectivity index (χ3n) is 7.41. The lowest BCUT2D eigenvalue weighted by Crippen LogP contribution is -2.44. The molecule has 0 radical (unpaired) electrons. The van der Waals surface area contributed by atoms with Crippen molar-refractivity contribution in [2.24, 2.45) is 0 Å². The lowest BCUT2D eigenvalue weighted by Gasteiger charge is -2.33. The van der Waals surface area contributed by atoms with Crippen molar-refractivity contribution in [3.05, 3.63) is 78.0 Å². The number of rotatable bonds is 15. The van der Waals surface area contributed by atoms with Crippen LogP contribution in [0.1, 0.15) is 69.1 Å². The second-order valence-corrected chi connectivity index (χ2v) is 10.5. The van der Waals surface area contributed by atoms with Gasteiger partial charge in [-0.15, -0.1) is 6.58 Å². The van der Waals surface area contributed by atoms with Gasteiger partial charge in [0, 0.05) is 31.4 Å². The zero-order chi connectivity index (χ0) is 27.3. The minimum absolute atomic E-state index is 0.536. The highest BCUT2D eigenvalue weighted by Crippen LogP contribution is 2.24. The number of anilines is 2. The first-order valence-corrected chi connectivity index (χ1v) is 14.4. The highest BCUT2D eigenvalue weighted by atomic mass is 15.2. The summed E-state index contributed by atoms with van der Waals surface area (Å²) in [5.41, 5.74) is 6.89. The summed E-state index contributed by atoms with van der Waals surface area (Å²) in [4.78, 5) is 9.67. The highest BCUT2D eigenvalue weighted by Gasteiger charge is 2.19. The Bertz CT molecular complexity index is 1050. The first-order valence-electron chi connectivity index (χ1n) is 14.4. The molecule has 0 saturated carbocycles. The van der Waals surface area contributed by atoms with Crippen molar-refractivity contribution in [2.45, 2.75) is 65.3 Å². The second kappa shape index (κ2) is 15.5. The number of likely N-dealkylation sites (N-methyl/N-ethyl adjacent to an activating group) is 1. The van der Waals surface area contributed by atoms with Gasteiger partial charge >= 0.3 is 0 Å². The number of hydrogen-bond acceptors (Lipinski definition) is 5.